The third kappa shape index (κ3) is 7.54. The maximum atomic E-state index is 13.2. The second kappa shape index (κ2) is 9.15. The molecular formula is C14H23FN5O5P. The van der Waals surface area contributed by atoms with Crippen molar-refractivity contribution >= 4 is 30.6 Å². The minimum atomic E-state index is -4.64. The van der Waals surface area contributed by atoms with Crippen molar-refractivity contribution in [1.82, 2.24) is 15.0 Å². The number of anilines is 2. The van der Waals surface area contributed by atoms with Gasteiger partial charge in [-0.15, -0.1) is 0 Å². The number of fused-ring (bicyclic) bond motifs is 1. The zero-order valence-corrected chi connectivity index (χ0v) is 15.3. The van der Waals surface area contributed by atoms with E-state index in [1.165, 1.54) is 6.07 Å². The molecule has 0 saturated carbocycles. The van der Waals surface area contributed by atoms with Gasteiger partial charge in [-0.2, -0.15) is 4.98 Å². The SMILES string of the molecule is CCCC[C@](C)(CO)Nc1nc(N)nc2cc(F)cnc12.O=P(O)(O)O. The molecule has 2 aromatic rings. The Morgan fingerprint density at radius 1 is 1.35 bits per heavy atom. The van der Waals surface area contributed by atoms with Gasteiger partial charge in [0.25, 0.3) is 0 Å². The van der Waals surface area contributed by atoms with Gasteiger partial charge in [-0.25, -0.2) is 18.9 Å². The molecular weight excluding hydrogens is 368 g/mol. The van der Waals surface area contributed by atoms with E-state index < -0.39 is 19.2 Å². The fraction of sp³-hybridized carbons (Fsp3) is 0.500. The molecule has 0 aliphatic rings. The first-order chi connectivity index (χ1) is 12.0. The molecule has 2 heterocycles. The van der Waals surface area contributed by atoms with Gasteiger partial charge in [0.2, 0.25) is 5.95 Å². The monoisotopic (exact) mass is 391 g/mol. The van der Waals surface area contributed by atoms with Gasteiger partial charge in [0.1, 0.15) is 11.3 Å². The third-order valence-corrected chi connectivity index (χ3v) is 3.37. The number of rotatable bonds is 6. The number of aliphatic hydroxyl groups excluding tert-OH is 1. The molecule has 10 nitrogen and oxygen atoms in total. The molecule has 0 spiro atoms. The Morgan fingerprint density at radius 3 is 2.50 bits per heavy atom. The molecule has 2 rings (SSSR count). The average molecular weight is 391 g/mol. The standard InChI is InChI=1S/C14H20FN5O.H3O4P/c1-3-4-5-14(2,8-21)20-12-11-10(18-13(16)19-12)6-9(15)7-17-11;1-5(2,3)4/h6-7,21H,3-5,8H2,1-2H3,(H3,16,18,19,20);(H3,1,2,3,4)/t14-;/m1./s1. The zero-order valence-electron chi connectivity index (χ0n) is 14.4. The number of halogens is 1. The smallest absolute Gasteiger partial charge is 0.394 e. The van der Waals surface area contributed by atoms with Crippen LogP contribution in [-0.2, 0) is 4.57 Å². The van der Waals surface area contributed by atoms with Gasteiger partial charge in [-0.05, 0) is 13.3 Å². The number of nitrogens with zero attached hydrogens (tertiary/aromatic N) is 3. The molecule has 0 unspecified atom stereocenters. The molecule has 0 radical (unpaired) electrons. The maximum Gasteiger partial charge on any atom is 0.466 e. The van der Waals surface area contributed by atoms with Gasteiger partial charge in [-0.1, -0.05) is 19.8 Å². The van der Waals surface area contributed by atoms with Crippen molar-refractivity contribution in [3.63, 3.8) is 0 Å². The molecule has 0 aliphatic heterocycles. The molecule has 0 aromatic carbocycles. The van der Waals surface area contributed by atoms with E-state index in [0.717, 1.165) is 25.5 Å². The summed E-state index contributed by atoms with van der Waals surface area (Å²) in [5.74, 6) is -0.0409. The summed E-state index contributed by atoms with van der Waals surface area (Å²) < 4.78 is 22.1. The summed E-state index contributed by atoms with van der Waals surface area (Å²) in [4.78, 5) is 33.7. The number of pyridine rings is 1. The molecule has 0 saturated heterocycles. The second-order valence-electron chi connectivity index (χ2n) is 5.91. The number of nitrogens with two attached hydrogens (primary N) is 1. The van der Waals surface area contributed by atoms with E-state index in [2.05, 4.69) is 27.2 Å². The number of nitrogen functional groups attached to an aromatic ring is 1. The predicted octanol–water partition coefficient (Wildman–Crippen LogP) is 1.17. The van der Waals surface area contributed by atoms with Crippen LogP contribution in [0.15, 0.2) is 12.3 Å². The van der Waals surface area contributed by atoms with Crippen LogP contribution in [0, 0.1) is 5.82 Å². The first-order valence-electron chi connectivity index (χ1n) is 7.73. The maximum absolute atomic E-state index is 13.2. The van der Waals surface area contributed by atoms with Crippen LogP contribution >= 0.6 is 7.82 Å². The number of aliphatic hydroxyl groups is 1. The normalized spacial score (nSPS) is 13.7. The van der Waals surface area contributed by atoms with Crippen LogP contribution in [-0.4, -0.2) is 46.9 Å². The van der Waals surface area contributed by atoms with Crippen molar-refractivity contribution in [1.29, 1.82) is 0 Å². The number of phosphoric acid groups is 1. The lowest BCUT2D eigenvalue weighted by molar-refractivity contribution is 0.212. The highest BCUT2D eigenvalue weighted by Crippen LogP contribution is 2.26. The van der Waals surface area contributed by atoms with E-state index in [9.17, 15) is 9.50 Å². The lowest BCUT2D eigenvalue weighted by Crippen LogP contribution is -2.39. The quantitative estimate of drug-likeness (QED) is 0.392. The van der Waals surface area contributed by atoms with Gasteiger partial charge >= 0.3 is 7.82 Å². The van der Waals surface area contributed by atoms with E-state index in [1.807, 2.05) is 6.92 Å². The fourth-order valence-corrected chi connectivity index (χ4v) is 2.13. The first kappa shape index (κ1) is 22.1. The van der Waals surface area contributed by atoms with Gasteiger partial charge in [0.05, 0.1) is 23.9 Å². The lowest BCUT2D eigenvalue weighted by Gasteiger charge is -2.29. The van der Waals surface area contributed by atoms with Gasteiger partial charge in [0.15, 0.2) is 5.82 Å². The number of hydrogen-bond acceptors (Lipinski definition) is 7. The van der Waals surface area contributed by atoms with Crippen molar-refractivity contribution in [3.05, 3.63) is 18.1 Å². The van der Waals surface area contributed by atoms with Crippen LogP contribution in [0.25, 0.3) is 11.0 Å². The molecule has 146 valence electrons. The molecule has 12 heteroatoms. The topological polar surface area (TPSA) is 175 Å². The third-order valence-electron chi connectivity index (χ3n) is 3.37. The number of aromatic nitrogens is 3. The van der Waals surface area contributed by atoms with Crippen LogP contribution in [0.1, 0.15) is 33.1 Å². The van der Waals surface area contributed by atoms with Crippen molar-refractivity contribution in [3.8, 4) is 0 Å². The fourth-order valence-electron chi connectivity index (χ4n) is 2.13. The van der Waals surface area contributed by atoms with Crippen LogP contribution in [0.2, 0.25) is 0 Å². The Kier molecular flexibility index (Phi) is 7.79. The molecule has 0 bridgehead atoms. The molecule has 7 N–H and O–H groups in total. The molecule has 2 aromatic heterocycles. The molecule has 0 amide bonds. The van der Waals surface area contributed by atoms with E-state index in [4.69, 9.17) is 25.0 Å². The summed E-state index contributed by atoms with van der Waals surface area (Å²) in [6.45, 7) is 3.93. The highest BCUT2D eigenvalue weighted by molar-refractivity contribution is 7.45. The van der Waals surface area contributed by atoms with Crippen molar-refractivity contribution in [2.75, 3.05) is 17.7 Å². The van der Waals surface area contributed by atoms with Crippen molar-refractivity contribution < 1.29 is 28.7 Å². The van der Waals surface area contributed by atoms with E-state index >= 15 is 0 Å². The summed E-state index contributed by atoms with van der Waals surface area (Å²) in [6.07, 6.45) is 3.86. The highest BCUT2D eigenvalue weighted by Gasteiger charge is 2.24. The Balaban J connectivity index is 0.000000597. The number of unbranched alkanes of at least 4 members (excludes halogenated alkanes) is 1. The predicted molar refractivity (Wildman–Crippen MR) is 94.6 cm³/mol. The van der Waals surface area contributed by atoms with Gasteiger partial charge in [-0.3, -0.25) is 0 Å². The minimum absolute atomic E-state index is 0.0354. The van der Waals surface area contributed by atoms with E-state index in [0.29, 0.717) is 16.9 Å². The molecule has 0 fully saturated rings. The summed E-state index contributed by atoms with van der Waals surface area (Å²) in [7, 11) is -4.64. The van der Waals surface area contributed by atoms with Gasteiger partial charge in [0, 0.05) is 6.07 Å². The Bertz CT molecular complexity index is 776. The van der Waals surface area contributed by atoms with E-state index in [-0.39, 0.29) is 12.6 Å². The van der Waals surface area contributed by atoms with Crippen LogP contribution in [0.3, 0.4) is 0 Å². The average Bonchev–Trinajstić information content (AvgIpc) is 2.50. The number of nitrogens with one attached hydrogen (secondary N) is 1. The summed E-state index contributed by atoms with van der Waals surface area (Å²) in [5.41, 5.74) is 5.88. The van der Waals surface area contributed by atoms with Crippen LogP contribution in [0.4, 0.5) is 16.2 Å². The highest BCUT2D eigenvalue weighted by atomic mass is 31.2. The molecule has 1 atom stereocenters. The van der Waals surface area contributed by atoms with Crippen molar-refractivity contribution in [2.45, 2.75) is 38.6 Å². The Hall–Kier alpha value is -1.91. The first-order valence-corrected chi connectivity index (χ1v) is 9.30. The minimum Gasteiger partial charge on any atom is -0.394 e. The number of hydrogen-bond donors (Lipinski definition) is 6. The van der Waals surface area contributed by atoms with Gasteiger partial charge < -0.3 is 30.8 Å². The summed E-state index contributed by atoms with van der Waals surface area (Å²) in [6, 6.07) is 1.26. The lowest BCUT2D eigenvalue weighted by atomic mass is 9.96. The summed E-state index contributed by atoms with van der Waals surface area (Å²) >= 11 is 0. The second-order valence-corrected chi connectivity index (χ2v) is 6.94. The summed E-state index contributed by atoms with van der Waals surface area (Å²) in [5, 5.41) is 12.8. The molecule has 0 aliphatic carbocycles. The van der Waals surface area contributed by atoms with Crippen molar-refractivity contribution in [2.24, 2.45) is 0 Å². The largest absolute Gasteiger partial charge is 0.466 e. The zero-order chi connectivity index (χ0) is 20.0. The van der Waals surface area contributed by atoms with E-state index in [1.54, 1.807) is 0 Å². The Labute approximate surface area is 149 Å². The van der Waals surface area contributed by atoms with Crippen LogP contribution in [0.5, 0.6) is 0 Å². The van der Waals surface area contributed by atoms with Crippen LogP contribution < -0.4 is 11.1 Å². The Morgan fingerprint density at radius 2 is 1.96 bits per heavy atom. The molecule has 26 heavy (non-hydrogen) atoms.